The third kappa shape index (κ3) is 15.1. The van der Waals surface area contributed by atoms with E-state index in [2.05, 4.69) is 392 Å². The summed E-state index contributed by atoms with van der Waals surface area (Å²) in [5, 5.41) is 5.31. The first-order valence-corrected chi connectivity index (χ1v) is 56.0. The molecular weight excluding hydrogens is 1720 g/mol. The van der Waals surface area contributed by atoms with Crippen LogP contribution in [-0.2, 0) is 37.9 Å². The highest BCUT2D eigenvalue weighted by atomic mass is 14.5. The van der Waals surface area contributed by atoms with Crippen LogP contribution in [0.1, 0.15) is 364 Å². The lowest BCUT2D eigenvalue weighted by molar-refractivity contribution is 0.398. The van der Waals surface area contributed by atoms with Crippen molar-refractivity contribution >= 4 is 21.5 Å². The Hall–Kier alpha value is -12.0. The average molecular weight is 1870 g/mol. The van der Waals surface area contributed by atoms with Crippen LogP contribution in [0, 0.1) is 27.7 Å². The van der Waals surface area contributed by atoms with Crippen molar-refractivity contribution < 1.29 is 0 Å². The summed E-state index contributed by atoms with van der Waals surface area (Å²) in [6, 6.07) is 109. The van der Waals surface area contributed by atoms with Crippen molar-refractivity contribution in [3.05, 3.63) is 367 Å². The summed E-state index contributed by atoms with van der Waals surface area (Å²) in [5.41, 5.74) is 60.2. The van der Waals surface area contributed by atoms with Gasteiger partial charge in [0.25, 0.3) is 0 Å². The molecular formula is C143H150. The Kier molecular flexibility index (Phi) is 24.1. The minimum Gasteiger partial charge on any atom is -0.0654 e. The molecule has 0 unspecified atom stereocenters. The lowest BCUT2D eigenvalue weighted by atomic mass is 9.70. The SMILES string of the molecule is CCCCCCCCC1(CCCCCCCC)c2ccccc2-c2ccc(-c3ccc4c(c3)C(C)(C)c3cc(-c5cc(C)c(-c6cc7c(c8ccccc68)-c6cc8c(cc6C7(C)C)-c6cc7c(cc6C8(C)C)-c6c(cc(-c8cc(C)c(-c9ccc%10c(c9)C(C)(C)c9cc(-c%11ccc%12c(c%11)C(CCCCCCC)(CCCCCCC)c%11ccccc%11-%12)ccc9-%10)cc8C)c8ccccc68)C7(C)C)cc5C)ccc3-4)cc21. The Morgan fingerprint density at radius 1 is 0.154 bits per heavy atom. The molecule has 0 aromatic heterocycles. The van der Waals surface area contributed by atoms with E-state index in [-0.39, 0.29) is 37.9 Å². The molecule has 7 aliphatic carbocycles. The second kappa shape index (κ2) is 36.4. The third-order valence-electron chi connectivity index (χ3n) is 37.5. The maximum atomic E-state index is 2.66. The molecule has 0 saturated heterocycles. The zero-order valence-electron chi connectivity index (χ0n) is 89.3. The standard InChI is InChI=1S/C143H150/c1-19-23-27-31-35-47-71-143(72-48-36-32-28-24-20-2)122-56-44-42-52-102(122)108-66-60-96(80-132(108)143)94-58-64-104-106-68-62-98(82-126(106)138(11,12)124(104)78-94)112-74-92(8)114(76-90(112)6)116-84-134-136(110-54-40-38-50-100(110)116)120-88-128-118(86-130(120)141(134,17)18)117-85-129-119(87-127(117)139(128,13)14)135-109-53-39-37-49-99(109)115(83-133(135)140(129,15)16)113-75-89(5)111(73-91(113)7)97-61-67-105-103-63-57-93(77-123(103)137(9,10)125(105)81-97)95-59-65-107-101-51-41-43-55-121(101)142(131(107)79-95,69-45-33-29-25-21-3)70-46-34-30-26-22-4/h37-44,49-68,73-88H,19-36,45-48,69-72H2,1-18H3. The summed E-state index contributed by atoms with van der Waals surface area (Å²) in [5.74, 6) is 0. The largest absolute Gasteiger partial charge is 0.0654 e. The summed E-state index contributed by atoms with van der Waals surface area (Å²) in [4.78, 5) is 0. The Morgan fingerprint density at radius 2 is 0.378 bits per heavy atom. The number of fused-ring (bicyclic) bond motifs is 25. The van der Waals surface area contributed by atoms with E-state index in [4.69, 9.17) is 0 Å². The van der Waals surface area contributed by atoms with E-state index in [1.165, 1.54) is 411 Å². The fraction of sp³-hybridized carbons (Fsp3) is 0.357. The van der Waals surface area contributed by atoms with Crippen LogP contribution in [0.25, 0.3) is 166 Å². The second-order valence-electron chi connectivity index (χ2n) is 47.9. The number of hydrogen-bond acceptors (Lipinski definition) is 0. The van der Waals surface area contributed by atoms with Gasteiger partial charge in [-0.2, -0.15) is 0 Å². The first kappa shape index (κ1) is 94.6. The molecule has 16 aromatic carbocycles. The molecule has 0 saturated carbocycles. The normalized spacial score (nSPS) is 15.8. The van der Waals surface area contributed by atoms with Crippen molar-refractivity contribution in [2.45, 2.75) is 329 Å². The molecule has 0 radical (unpaired) electrons. The molecule has 0 amide bonds. The van der Waals surface area contributed by atoms with E-state index in [9.17, 15) is 0 Å². The molecule has 0 aliphatic heterocycles. The Morgan fingerprint density at radius 3 is 0.713 bits per heavy atom. The first-order chi connectivity index (χ1) is 69.2. The zero-order valence-corrected chi connectivity index (χ0v) is 89.3. The topological polar surface area (TPSA) is 0 Å². The lowest BCUT2D eigenvalue weighted by Gasteiger charge is -2.33. The van der Waals surface area contributed by atoms with Crippen molar-refractivity contribution in [2.75, 3.05) is 0 Å². The van der Waals surface area contributed by atoms with Crippen molar-refractivity contribution in [3.63, 3.8) is 0 Å². The van der Waals surface area contributed by atoms with Gasteiger partial charge < -0.3 is 0 Å². The summed E-state index contributed by atoms with van der Waals surface area (Å²) < 4.78 is 0. The minimum absolute atomic E-state index is 0.0446. The van der Waals surface area contributed by atoms with E-state index < -0.39 is 0 Å². The zero-order chi connectivity index (χ0) is 98.7. The summed E-state index contributed by atoms with van der Waals surface area (Å²) in [6.07, 6.45) is 33.9. The summed E-state index contributed by atoms with van der Waals surface area (Å²) >= 11 is 0. The highest BCUT2D eigenvalue weighted by Crippen LogP contribution is 2.65. The quantitative estimate of drug-likeness (QED) is 0.0369. The molecule has 143 heavy (non-hydrogen) atoms. The number of aryl methyl sites for hydroxylation is 4. The third-order valence-corrected chi connectivity index (χ3v) is 37.5. The van der Waals surface area contributed by atoms with Gasteiger partial charge in [0.1, 0.15) is 0 Å². The maximum Gasteiger partial charge on any atom is 0.0215 e. The van der Waals surface area contributed by atoms with Crippen LogP contribution in [0.3, 0.4) is 0 Å². The molecule has 0 fully saturated rings. The van der Waals surface area contributed by atoms with Crippen LogP contribution < -0.4 is 0 Å². The Balaban J connectivity index is 0.520. The number of hydrogen-bond donors (Lipinski definition) is 0. The lowest BCUT2D eigenvalue weighted by Crippen LogP contribution is -2.25. The van der Waals surface area contributed by atoms with Crippen LogP contribution in [0.15, 0.2) is 267 Å². The molecule has 0 spiro atoms. The van der Waals surface area contributed by atoms with Crippen LogP contribution in [-0.4, -0.2) is 0 Å². The van der Waals surface area contributed by atoms with Gasteiger partial charge in [-0.1, -0.05) is 432 Å². The maximum absolute atomic E-state index is 2.66. The summed E-state index contributed by atoms with van der Waals surface area (Å²) in [6.45, 7) is 43.8. The van der Waals surface area contributed by atoms with Crippen molar-refractivity contribution in [1.82, 2.24) is 0 Å². The molecule has 7 aliphatic rings. The van der Waals surface area contributed by atoms with Crippen molar-refractivity contribution in [1.29, 1.82) is 0 Å². The predicted octanol–water partition coefficient (Wildman–Crippen LogP) is 41.5. The van der Waals surface area contributed by atoms with Gasteiger partial charge in [0.2, 0.25) is 0 Å². The van der Waals surface area contributed by atoms with Crippen LogP contribution >= 0.6 is 0 Å². The van der Waals surface area contributed by atoms with Gasteiger partial charge in [-0.15, -0.1) is 0 Å². The fourth-order valence-electron chi connectivity index (χ4n) is 29.4. The van der Waals surface area contributed by atoms with E-state index in [0.29, 0.717) is 0 Å². The van der Waals surface area contributed by atoms with Gasteiger partial charge in [-0.05, 0) is 393 Å². The summed E-state index contributed by atoms with van der Waals surface area (Å²) in [7, 11) is 0. The smallest absolute Gasteiger partial charge is 0.0215 e. The highest BCUT2D eigenvalue weighted by molar-refractivity contribution is 6.13. The molecule has 0 bridgehead atoms. The molecule has 0 N–H and O–H groups in total. The number of benzene rings is 16. The number of unbranched alkanes of at least 4 members (excludes halogenated alkanes) is 18. The van der Waals surface area contributed by atoms with E-state index in [1.54, 1.807) is 22.3 Å². The second-order valence-corrected chi connectivity index (χ2v) is 47.9. The van der Waals surface area contributed by atoms with Gasteiger partial charge >= 0.3 is 0 Å². The number of rotatable bonds is 32. The van der Waals surface area contributed by atoms with E-state index >= 15 is 0 Å². The fourth-order valence-corrected chi connectivity index (χ4v) is 29.4. The van der Waals surface area contributed by atoms with Gasteiger partial charge in [0.05, 0.1) is 0 Å². The van der Waals surface area contributed by atoms with Crippen molar-refractivity contribution in [2.24, 2.45) is 0 Å². The molecule has 16 aromatic rings. The van der Waals surface area contributed by atoms with E-state index in [0.717, 1.165) is 0 Å². The van der Waals surface area contributed by atoms with Crippen molar-refractivity contribution in [3.8, 4) is 145 Å². The Labute approximate surface area is 856 Å². The van der Waals surface area contributed by atoms with Crippen LogP contribution in [0.4, 0.5) is 0 Å². The predicted molar refractivity (Wildman–Crippen MR) is 616 cm³/mol. The van der Waals surface area contributed by atoms with Crippen LogP contribution in [0.2, 0.25) is 0 Å². The molecule has 0 atom stereocenters. The monoisotopic (exact) mass is 1870 g/mol. The van der Waals surface area contributed by atoms with Gasteiger partial charge in [0.15, 0.2) is 0 Å². The van der Waals surface area contributed by atoms with E-state index in [1.807, 2.05) is 0 Å². The Bertz CT molecular complexity index is 7610. The minimum atomic E-state index is -0.275. The molecule has 0 nitrogen and oxygen atoms in total. The van der Waals surface area contributed by atoms with Crippen LogP contribution in [0.5, 0.6) is 0 Å². The molecule has 23 rings (SSSR count). The van der Waals surface area contributed by atoms with Gasteiger partial charge in [-0.25, -0.2) is 0 Å². The average Bonchev–Trinajstić information content (AvgIpc) is 1.51. The molecule has 722 valence electrons. The first-order valence-electron chi connectivity index (χ1n) is 56.0. The highest BCUT2D eigenvalue weighted by Gasteiger charge is 2.50. The van der Waals surface area contributed by atoms with Gasteiger partial charge in [0, 0.05) is 37.9 Å². The molecule has 0 heterocycles. The van der Waals surface area contributed by atoms with Gasteiger partial charge in [-0.3, -0.25) is 0 Å². The molecule has 0 heteroatoms.